The highest BCUT2D eigenvalue weighted by atomic mass is 35.7. The number of hydroxylamine groups is 1. The van der Waals surface area contributed by atoms with Crippen LogP contribution in [0.4, 0.5) is 0 Å². The predicted octanol–water partition coefficient (Wildman–Crippen LogP) is -3.07. The summed E-state index contributed by atoms with van der Waals surface area (Å²) in [5.74, 6) is 0.936. The maximum Gasteiger partial charge on any atom is 0.198 e. The summed E-state index contributed by atoms with van der Waals surface area (Å²) in [6, 6.07) is 12.4. The molecule has 2 aromatic carbocycles. The zero-order valence-corrected chi connectivity index (χ0v) is 10.4. The smallest absolute Gasteiger partial charge is 0.198 e. The normalized spacial score (nSPS) is 13.3. The van der Waals surface area contributed by atoms with Crippen molar-refractivity contribution in [2.24, 2.45) is 0 Å². The largest absolute Gasteiger partial charge is 0.313 e. The van der Waals surface area contributed by atoms with Crippen LogP contribution in [-0.4, -0.2) is 0 Å². The van der Waals surface area contributed by atoms with Crippen molar-refractivity contribution in [2.45, 2.75) is 0 Å². The first-order valence-electron chi connectivity index (χ1n) is 5.25. The average Bonchev–Trinajstić information content (AvgIpc) is 2.37. The van der Waals surface area contributed by atoms with E-state index in [9.17, 15) is 0 Å². The van der Waals surface area contributed by atoms with Gasteiger partial charge in [-0.25, -0.2) is 18.6 Å². The minimum atomic E-state index is -4.94. The molecule has 1 heterocycles. The SMILES string of the molecule is C1=Cc2c(ccc3ccccc23)O[NH2+]1.[O-][Cl+3]([O-])([O-])[O-]. The minimum absolute atomic E-state index is 0.936. The van der Waals surface area contributed by atoms with Crippen LogP contribution >= 0.6 is 0 Å². The second-order valence-electron chi connectivity index (χ2n) is 3.69. The molecule has 0 aromatic heterocycles. The van der Waals surface area contributed by atoms with E-state index in [2.05, 4.69) is 30.3 Å². The monoisotopic (exact) mass is 283 g/mol. The Hall–Kier alpha value is -1.67. The first-order valence-corrected chi connectivity index (χ1v) is 6.48. The van der Waals surface area contributed by atoms with Gasteiger partial charge < -0.3 is 4.84 Å². The number of halogens is 1. The van der Waals surface area contributed by atoms with E-state index >= 15 is 0 Å². The van der Waals surface area contributed by atoms with Crippen molar-refractivity contribution >= 4 is 16.8 Å². The van der Waals surface area contributed by atoms with Crippen molar-refractivity contribution in [3.8, 4) is 5.75 Å². The molecule has 6 nitrogen and oxygen atoms in total. The summed E-state index contributed by atoms with van der Waals surface area (Å²) in [5, 5.41) is 2.50. The number of benzene rings is 2. The number of fused-ring (bicyclic) bond motifs is 3. The molecule has 19 heavy (non-hydrogen) atoms. The quantitative estimate of drug-likeness (QED) is 0.550. The maximum absolute atomic E-state index is 8.49. The zero-order valence-electron chi connectivity index (χ0n) is 9.62. The highest BCUT2D eigenvalue weighted by Crippen LogP contribution is 2.28. The van der Waals surface area contributed by atoms with E-state index < -0.39 is 10.2 Å². The second kappa shape index (κ2) is 5.54. The van der Waals surface area contributed by atoms with Crippen LogP contribution < -0.4 is 29.0 Å². The zero-order chi connectivity index (χ0) is 13.9. The molecule has 0 amide bonds. The summed E-state index contributed by atoms with van der Waals surface area (Å²) >= 11 is 0. The molecule has 0 saturated carbocycles. The third-order valence-corrected chi connectivity index (χ3v) is 2.47. The van der Waals surface area contributed by atoms with Gasteiger partial charge in [-0.15, -0.1) is 15.7 Å². The van der Waals surface area contributed by atoms with Crippen LogP contribution in [0.5, 0.6) is 5.75 Å². The molecule has 0 unspecified atom stereocenters. The van der Waals surface area contributed by atoms with Crippen LogP contribution in [0.1, 0.15) is 5.56 Å². The summed E-state index contributed by atoms with van der Waals surface area (Å²) in [7, 11) is -4.94. The Morgan fingerprint density at radius 1 is 0.947 bits per heavy atom. The molecule has 7 heteroatoms. The van der Waals surface area contributed by atoms with Gasteiger partial charge in [0, 0.05) is 11.6 Å². The summed E-state index contributed by atoms with van der Waals surface area (Å²) < 4.78 is 34.0. The Kier molecular flexibility index (Phi) is 4.01. The van der Waals surface area contributed by atoms with Crippen molar-refractivity contribution < 1.29 is 39.2 Å². The summed E-state index contributed by atoms with van der Waals surface area (Å²) in [6.45, 7) is 0. The number of rotatable bonds is 0. The predicted molar refractivity (Wildman–Crippen MR) is 55.5 cm³/mol. The van der Waals surface area contributed by atoms with E-state index in [1.807, 2.05) is 18.3 Å². The number of hydrogen-bond acceptors (Lipinski definition) is 5. The van der Waals surface area contributed by atoms with E-state index in [1.54, 1.807) is 5.48 Å². The van der Waals surface area contributed by atoms with Gasteiger partial charge in [0.1, 0.15) is 6.20 Å². The highest BCUT2D eigenvalue weighted by molar-refractivity contribution is 5.93. The highest BCUT2D eigenvalue weighted by Gasteiger charge is 2.10. The first-order chi connectivity index (χ1) is 8.95. The molecule has 2 aromatic rings. The lowest BCUT2D eigenvalue weighted by Gasteiger charge is -2.17. The number of nitrogens with two attached hydrogens (primary N) is 1. The van der Waals surface area contributed by atoms with Crippen molar-refractivity contribution in [2.75, 3.05) is 0 Å². The molecule has 0 aliphatic carbocycles. The molecule has 0 bridgehead atoms. The molecule has 1 aliphatic heterocycles. The molecule has 0 saturated heterocycles. The number of hydrogen-bond donors (Lipinski definition) is 1. The van der Waals surface area contributed by atoms with Crippen molar-refractivity contribution in [3.63, 3.8) is 0 Å². The van der Waals surface area contributed by atoms with Crippen LogP contribution in [0.3, 0.4) is 0 Å². The summed E-state index contributed by atoms with van der Waals surface area (Å²) in [6.07, 6.45) is 4.01. The van der Waals surface area contributed by atoms with E-state index in [4.69, 9.17) is 23.5 Å². The lowest BCUT2D eigenvalue weighted by atomic mass is 10.0. The average molecular weight is 284 g/mol. The van der Waals surface area contributed by atoms with E-state index in [1.165, 1.54) is 16.3 Å². The van der Waals surface area contributed by atoms with Gasteiger partial charge in [0.25, 0.3) is 0 Å². The molecule has 3 rings (SSSR count). The lowest BCUT2D eigenvalue weighted by molar-refractivity contribution is -2.00. The van der Waals surface area contributed by atoms with E-state index in [-0.39, 0.29) is 0 Å². The van der Waals surface area contributed by atoms with Crippen LogP contribution in [-0.2, 0) is 0 Å². The molecule has 2 N–H and O–H groups in total. The Balaban J connectivity index is 0.000000232. The lowest BCUT2D eigenvalue weighted by Crippen LogP contribution is -2.81. The Bertz CT molecular complexity index is 603. The van der Waals surface area contributed by atoms with Crippen LogP contribution in [0.2, 0.25) is 0 Å². The summed E-state index contributed by atoms with van der Waals surface area (Å²) in [5.41, 5.74) is 2.88. The second-order valence-corrected chi connectivity index (χ2v) is 4.45. The number of quaternary nitrogens is 1. The fourth-order valence-electron chi connectivity index (χ4n) is 1.80. The summed E-state index contributed by atoms with van der Waals surface area (Å²) in [4.78, 5) is 5.42. The standard InChI is InChI=1S/C12H9NO.ClHO4/c1-2-4-10-9(3-1)5-6-12-11(10)7-8-13-14-12;2-1(3,4)5/h1-8,13H;(H,2,3,4,5). The molecule has 0 atom stereocenters. The van der Waals surface area contributed by atoms with Gasteiger partial charge in [0.05, 0.1) is 0 Å². The Morgan fingerprint density at radius 3 is 2.37 bits per heavy atom. The third-order valence-electron chi connectivity index (χ3n) is 2.47. The van der Waals surface area contributed by atoms with Gasteiger partial charge in [-0.2, -0.15) is 0 Å². The van der Waals surface area contributed by atoms with Crippen LogP contribution in [0.25, 0.3) is 16.8 Å². The molecule has 0 radical (unpaired) electrons. The van der Waals surface area contributed by atoms with Gasteiger partial charge in [0.15, 0.2) is 5.75 Å². The fourth-order valence-corrected chi connectivity index (χ4v) is 1.80. The van der Waals surface area contributed by atoms with Gasteiger partial charge in [-0.05, 0) is 16.8 Å². The third kappa shape index (κ3) is 3.90. The van der Waals surface area contributed by atoms with Crippen molar-refractivity contribution in [1.82, 2.24) is 0 Å². The van der Waals surface area contributed by atoms with Crippen LogP contribution in [0.15, 0.2) is 42.6 Å². The Labute approximate surface area is 110 Å². The van der Waals surface area contributed by atoms with Gasteiger partial charge in [-0.1, -0.05) is 30.3 Å². The molecule has 0 spiro atoms. The molecular formula is C12H10ClNO5. The minimum Gasteiger partial charge on any atom is -0.313 e. The van der Waals surface area contributed by atoms with E-state index in [0.29, 0.717) is 0 Å². The molecular weight excluding hydrogens is 274 g/mol. The van der Waals surface area contributed by atoms with Gasteiger partial charge >= 0.3 is 0 Å². The Morgan fingerprint density at radius 2 is 1.63 bits per heavy atom. The topological polar surface area (TPSA) is 118 Å². The molecule has 1 aliphatic rings. The van der Waals surface area contributed by atoms with Crippen LogP contribution in [0, 0.1) is 10.2 Å². The van der Waals surface area contributed by atoms with Crippen molar-refractivity contribution in [1.29, 1.82) is 0 Å². The fraction of sp³-hybridized carbons (Fsp3) is 0. The van der Waals surface area contributed by atoms with Crippen molar-refractivity contribution in [3.05, 3.63) is 48.2 Å². The maximum atomic E-state index is 8.49. The molecule has 100 valence electrons. The van der Waals surface area contributed by atoms with E-state index in [0.717, 1.165) is 5.75 Å². The first kappa shape index (κ1) is 13.8. The molecule has 0 fully saturated rings. The van der Waals surface area contributed by atoms with Gasteiger partial charge in [-0.3, -0.25) is 0 Å². The van der Waals surface area contributed by atoms with Gasteiger partial charge in [0.2, 0.25) is 0 Å².